The maximum absolute atomic E-state index is 13.5. The number of nitrogens with zero attached hydrogens (tertiary/aromatic N) is 1. The Morgan fingerprint density at radius 3 is 2.08 bits per heavy atom. The SMILES string of the molecule is COc1c(Cl)cc(/C(O)=C2\C(=O)C(=O)N(c3cc(Cl)ccc3C)C2c2ccc(C(C)(C)C)cc2)cc1Cl. The summed E-state index contributed by atoms with van der Waals surface area (Å²) in [5, 5.41) is 12.1. The van der Waals surface area contributed by atoms with Crippen molar-refractivity contribution in [2.75, 3.05) is 12.0 Å². The van der Waals surface area contributed by atoms with Gasteiger partial charge in [0.15, 0.2) is 5.75 Å². The van der Waals surface area contributed by atoms with E-state index in [2.05, 4.69) is 20.8 Å². The van der Waals surface area contributed by atoms with Crippen molar-refractivity contribution in [3.8, 4) is 5.75 Å². The van der Waals surface area contributed by atoms with E-state index in [0.717, 1.165) is 11.1 Å². The van der Waals surface area contributed by atoms with E-state index in [4.69, 9.17) is 39.5 Å². The number of aryl methyl sites for hydroxylation is 1. The number of carbonyl (C=O) groups excluding carboxylic acids is 2. The van der Waals surface area contributed by atoms with E-state index in [9.17, 15) is 14.7 Å². The van der Waals surface area contributed by atoms with E-state index in [0.29, 0.717) is 16.3 Å². The summed E-state index contributed by atoms with van der Waals surface area (Å²) >= 11 is 18.9. The summed E-state index contributed by atoms with van der Waals surface area (Å²) in [5.41, 5.74) is 2.97. The lowest BCUT2D eigenvalue weighted by atomic mass is 9.85. The molecule has 1 atom stereocenters. The molecule has 3 aromatic rings. The molecule has 1 aliphatic heterocycles. The molecule has 4 rings (SSSR count). The van der Waals surface area contributed by atoms with Crippen LogP contribution in [0.1, 0.15) is 49.1 Å². The molecule has 0 aliphatic carbocycles. The first-order valence-electron chi connectivity index (χ1n) is 11.6. The van der Waals surface area contributed by atoms with E-state index >= 15 is 0 Å². The number of ketones is 1. The Kier molecular flexibility index (Phi) is 7.35. The molecule has 1 heterocycles. The minimum atomic E-state index is -0.911. The van der Waals surface area contributed by atoms with Gasteiger partial charge in [0.05, 0.1) is 28.8 Å². The summed E-state index contributed by atoms with van der Waals surface area (Å²) in [4.78, 5) is 28.3. The van der Waals surface area contributed by atoms with Crippen LogP contribution in [-0.2, 0) is 15.0 Å². The van der Waals surface area contributed by atoms with Crippen molar-refractivity contribution >= 4 is 57.9 Å². The number of benzene rings is 3. The Balaban J connectivity index is 1.98. The number of hydrogen-bond acceptors (Lipinski definition) is 4. The first kappa shape index (κ1) is 27.1. The number of methoxy groups -OCH3 is 1. The summed E-state index contributed by atoms with van der Waals surface area (Å²) < 4.78 is 5.20. The number of ether oxygens (including phenoxy) is 1. The maximum Gasteiger partial charge on any atom is 0.300 e. The van der Waals surface area contributed by atoms with Crippen molar-refractivity contribution in [2.24, 2.45) is 0 Å². The number of aliphatic hydroxyl groups excluding tert-OH is 1. The number of amides is 1. The zero-order valence-electron chi connectivity index (χ0n) is 21.0. The highest BCUT2D eigenvalue weighted by molar-refractivity contribution is 6.52. The molecule has 1 fully saturated rings. The van der Waals surface area contributed by atoms with Crippen LogP contribution in [0.15, 0.2) is 60.2 Å². The normalized spacial score (nSPS) is 17.4. The minimum absolute atomic E-state index is 0.0785. The number of hydrogen-bond donors (Lipinski definition) is 1. The number of Topliss-reactive ketones (excluding diaryl/α,β-unsaturated/α-hetero) is 1. The van der Waals surface area contributed by atoms with Crippen LogP contribution in [-0.4, -0.2) is 23.9 Å². The third-order valence-electron chi connectivity index (χ3n) is 6.44. The molecule has 1 saturated heterocycles. The zero-order valence-corrected chi connectivity index (χ0v) is 23.3. The number of carbonyl (C=O) groups is 2. The highest BCUT2D eigenvalue weighted by atomic mass is 35.5. The quantitative estimate of drug-likeness (QED) is 0.201. The van der Waals surface area contributed by atoms with Crippen LogP contribution < -0.4 is 9.64 Å². The summed E-state index contributed by atoms with van der Waals surface area (Å²) in [5.74, 6) is -1.76. The van der Waals surface area contributed by atoms with E-state index in [-0.39, 0.29) is 32.3 Å². The molecule has 5 nitrogen and oxygen atoms in total. The Morgan fingerprint density at radius 1 is 0.946 bits per heavy atom. The van der Waals surface area contributed by atoms with E-state index in [1.54, 1.807) is 18.2 Å². The average Bonchev–Trinajstić information content (AvgIpc) is 3.09. The molecule has 1 N–H and O–H groups in total. The van der Waals surface area contributed by atoms with Crippen molar-refractivity contribution in [3.63, 3.8) is 0 Å². The molecule has 0 bridgehead atoms. The number of anilines is 1. The minimum Gasteiger partial charge on any atom is -0.507 e. The van der Waals surface area contributed by atoms with Gasteiger partial charge in [0.1, 0.15) is 5.76 Å². The molecule has 1 unspecified atom stereocenters. The van der Waals surface area contributed by atoms with Crippen molar-refractivity contribution < 1.29 is 19.4 Å². The van der Waals surface area contributed by atoms with Crippen LogP contribution >= 0.6 is 34.8 Å². The third kappa shape index (κ3) is 4.96. The van der Waals surface area contributed by atoms with Gasteiger partial charge in [0.25, 0.3) is 11.7 Å². The highest BCUT2D eigenvalue weighted by Crippen LogP contribution is 2.45. The van der Waals surface area contributed by atoms with Gasteiger partial charge in [-0.15, -0.1) is 0 Å². The fraction of sp³-hybridized carbons (Fsp3) is 0.241. The second-order valence-electron chi connectivity index (χ2n) is 9.95. The number of halogens is 3. The summed E-state index contributed by atoms with van der Waals surface area (Å²) in [6.07, 6.45) is 0. The topological polar surface area (TPSA) is 66.8 Å². The fourth-order valence-electron chi connectivity index (χ4n) is 4.45. The average molecular weight is 559 g/mol. The van der Waals surface area contributed by atoms with Gasteiger partial charge >= 0.3 is 0 Å². The van der Waals surface area contributed by atoms with E-state index in [1.807, 2.05) is 31.2 Å². The van der Waals surface area contributed by atoms with Crippen LogP contribution in [0.2, 0.25) is 15.1 Å². The van der Waals surface area contributed by atoms with Gasteiger partial charge in [-0.2, -0.15) is 0 Å². The molecule has 3 aromatic carbocycles. The molecule has 8 heteroatoms. The Bertz CT molecular complexity index is 1420. The Hall–Kier alpha value is -2.99. The lowest BCUT2D eigenvalue weighted by Crippen LogP contribution is -2.30. The van der Waals surface area contributed by atoms with Crippen molar-refractivity contribution in [1.82, 2.24) is 0 Å². The van der Waals surface area contributed by atoms with E-state index in [1.165, 1.54) is 24.1 Å². The molecular weight excluding hydrogens is 533 g/mol. The monoisotopic (exact) mass is 557 g/mol. The maximum atomic E-state index is 13.5. The van der Waals surface area contributed by atoms with Crippen LogP contribution in [0, 0.1) is 6.92 Å². The molecule has 1 amide bonds. The first-order valence-corrected chi connectivity index (χ1v) is 12.7. The van der Waals surface area contributed by atoms with Crippen molar-refractivity contribution in [1.29, 1.82) is 0 Å². The number of aliphatic hydroxyl groups is 1. The fourth-order valence-corrected chi connectivity index (χ4v) is 5.26. The smallest absolute Gasteiger partial charge is 0.300 e. The molecule has 37 heavy (non-hydrogen) atoms. The summed E-state index contributed by atoms with van der Waals surface area (Å²) in [6.45, 7) is 8.12. The molecule has 0 aromatic heterocycles. The van der Waals surface area contributed by atoms with Crippen LogP contribution in [0.3, 0.4) is 0 Å². The lowest BCUT2D eigenvalue weighted by molar-refractivity contribution is -0.132. The predicted octanol–water partition coefficient (Wildman–Crippen LogP) is 7.89. The van der Waals surface area contributed by atoms with Gasteiger partial charge in [0, 0.05) is 16.3 Å². The van der Waals surface area contributed by atoms with E-state index < -0.39 is 23.5 Å². The van der Waals surface area contributed by atoms with Crippen molar-refractivity contribution in [3.05, 3.63) is 97.5 Å². The molecule has 0 saturated carbocycles. The van der Waals surface area contributed by atoms with Gasteiger partial charge in [-0.1, -0.05) is 85.9 Å². The third-order valence-corrected chi connectivity index (χ3v) is 7.24. The molecule has 0 spiro atoms. The van der Waals surface area contributed by atoms with Gasteiger partial charge in [0.2, 0.25) is 0 Å². The summed E-state index contributed by atoms with van der Waals surface area (Å²) in [6, 6.07) is 14.8. The standard InChI is InChI=1S/C29H26Cl3NO4/c1-15-6-11-19(30)14-22(15)33-24(16-7-9-18(10-8-16)29(2,3)4)23(26(35)28(33)36)25(34)17-12-20(31)27(37-5)21(32)13-17/h6-14,24,34H,1-5H3/b25-23+. The van der Waals surface area contributed by atoms with Crippen LogP contribution in [0.5, 0.6) is 5.75 Å². The highest BCUT2D eigenvalue weighted by Gasteiger charge is 2.47. The summed E-state index contributed by atoms with van der Waals surface area (Å²) in [7, 11) is 1.42. The second-order valence-corrected chi connectivity index (χ2v) is 11.2. The molecule has 192 valence electrons. The van der Waals surface area contributed by atoms with Gasteiger partial charge in [-0.3, -0.25) is 14.5 Å². The lowest BCUT2D eigenvalue weighted by Gasteiger charge is -2.28. The Morgan fingerprint density at radius 2 is 1.54 bits per heavy atom. The Labute approximate surface area is 231 Å². The van der Waals surface area contributed by atoms with Crippen LogP contribution in [0.25, 0.3) is 5.76 Å². The van der Waals surface area contributed by atoms with Crippen LogP contribution in [0.4, 0.5) is 5.69 Å². The van der Waals surface area contributed by atoms with Gasteiger partial charge in [-0.05, 0) is 53.3 Å². The van der Waals surface area contributed by atoms with Gasteiger partial charge < -0.3 is 9.84 Å². The predicted molar refractivity (Wildman–Crippen MR) is 149 cm³/mol. The number of rotatable bonds is 4. The zero-order chi connectivity index (χ0) is 27.2. The molecular formula is C29H26Cl3NO4. The first-order chi connectivity index (χ1) is 17.3. The molecule has 0 radical (unpaired) electrons. The van der Waals surface area contributed by atoms with Gasteiger partial charge in [-0.25, -0.2) is 0 Å². The van der Waals surface area contributed by atoms with Crippen molar-refractivity contribution in [2.45, 2.75) is 39.2 Å². The largest absolute Gasteiger partial charge is 0.507 e. The second kappa shape index (κ2) is 10.1. The molecule has 1 aliphatic rings.